The highest BCUT2D eigenvalue weighted by Gasteiger charge is 2.09. The first-order chi connectivity index (χ1) is 14.1. The SMILES string of the molecule is CC(CCNc1n[nH]c(=O)c2ccccc12)c1ccc(-c2ccccc2F)cc1. The van der Waals surface area contributed by atoms with Crippen molar-refractivity contribution in [2.24, 2.45) is 0 Å². The molecule has 0 fully saturated rings. The molecule has 3 aromatic carbocycles. The Morgan fingerprint density at radius 1 is 0.966 bits per heavy atom. The van der Waals surface area contributed by atoms with Crippen LogP contribution in [-0.2, 0) is 0 Å². The van der Waals surface area contributed by atoms with Crippen molar-refractivity contribution in [2.75, 3.05) is 11.9 Å². The largest absolute Gasteiger partial charge is 0.368 e. The van der Waals surface area contributed by atoms with E-state index in [0.29, 0.717) is 22.7 Å². The van der Waals surface area contributed by atoms with Gasteiger partial charge in [-0.2, -0.15) is 5.10 Å². The second kappa shape index (κ2) is 8.27. The summed E-state index contributed by atoms with van der Waals surface area (Å²) in [5.41, 5.74) is 2.51. The monoisotopic (exact) mass is 387 g/mol. The zero-order valence-corrected chi connectivity index (χ0v) is 16.2. The van der Waals surface area contributed by atoms with Gasteiger partial charge in [-0.3, -0.25) is 4.79 Å². The molecule has 0 saturated heterocycles. The summed E-state index contributed by atoms with van der Waals surface area (Å²) in [7, 11) is 0. The number of nitrogens with zero attached hydrogens (tertiary/aromatic N) is 1. The smallest absolute Gasteiger partial charge is 0.272 e. The molecule has 0 radical (unpaired) electrons. The fraction of sp³-hybridized carbons (Fsp3) is 0.167. The number of hydrogen-bond acceptors (Lipinski definition) is 3. The van der Waals surface area contributed by atoms with E-state index in [1.807, 2.05) is 36.4 Å². The third-order valence-electron chi connectivity index (χ3n) is 5.23. The van der Waals surface area contributed by atoms with Crippen molar-refractivity contribution in [2.45, 2.75) is 19.3 Å². The van der Waals surface area contributed by atoms with Gasteiger partial charge in [0.1, 0.15) is 5.82 Å². The predicted octanol–water partition coefficient (Wildman–Crippen LogP) is 5.33. The molecule has 1 heterocycles. The zero-order valence-electron chi connectivity index (χ0n) is 16.2. The molecule has 0 spiro atoms. The normalized spacial score (nSPS) is 12.1. The standard InChI is InChI=1S/C24H22FN3O/c1-16(17-10-12-18(13-11-17)19-6-4-5-9-22(19)25)14-15-26-23-20-7-2-3-8-21(20)24(29)28-27-23/h2-13,16H,14-15H2,1H3,(H,26,27)(H,28,29). The van der Waals surface area contributed by atoms with E-state index < -0.39 is 0 Å². The summed E-state index contributed by atoms with van der Waals surface area (Å²) in [6.45, 7) is 2.89. The molecule has 0 bridgehead atoms. The predicted molar refractivity (Wildman–Crippen MR) is 116 cm³/mol. The lowest BCUT2D eigenvalue weighted by molar-refractivity contribution is 0.631. The van der Waals surface area contributed by atoms with Gasteiger partial charge >= 0.3 is 0 Å². The van der Waals surface area contributed by atoms with E-state index >= 15 is 0 Å². The maximum Gasteiger partial charge on any atom is 0.272 e. The number of aromatic nitrogens is 2. The van der Waals surface area contributed by atoms with Gasteiger partial charge in [0.15, 0.2) is 5.82 Å². The van der Waals surface area contributed by atoms with Crippen LogP contribution in [0.1, 0.15) is 24.8 Å². The highest BCUT2D eigenvalue weighted by atomic mass is 19.1. The van der Waals surface area contributed by atoms with Crippen molar-refractivity contribution in [3.8, 4) is 11.1 Å². The van der Waals surface area contributed by atoms with Crippen LogP contribution in [0.25, 0.3) is 21.9 Å². The minimum Gasteiger partial charge on any atom is -0.368 e. The number of halogens is 1. The maximum absolute atomic E-state index is 14.0. The number of benzene rings is 3. The van der Waals surface area contributed by atoms with Crippen LogP contribution in [0.4, 0.5) is 10.2 Å². The Hall–Kier alpha value is -3.47. The van der Waals surface area contributed by atoms with Gasteiger partial charge in [0.2, 0.25) is 0 Å². The molecule has 2 N–H and O–H groups in total. The molecule has 4 rings (SSSR count). The molecule has 4 nitrogen and oxygen atoms in total. The van der Waals surface area contributed by atoms with Crippen molar-refractivity contribution in [3.05, 3.63) is 94.5 Å². The van der Waals surface area contributed by atoms with Crippen molar-refractivity contribution in [1.82, 2.24) is 10.2 Å². The van der Waals surface area contributed by atoms with Crippen LogP contribution in [0.5, 0.6) is 0 Å². The topological polar surface area (TPSA) is 57.8 Å². The highest BCUT2D eigenvalue weighted by molar-refractivity contribution is 5.90. The summed E-state index contributed by atoms with van der Waals surface area (Å²) >= 11 is 0. The number of H-pyrrole nitrogens is 1. The Kier molecular flexibility index (Phi) is 5.38. The van der Waals surface area contributed by atoms with Crippen LogP contribution in [-0.4, -0.2) is 16.7 Å². The molecule has 0 aliphatic rings. The van der Waals surface area contributed by atoms with Crippen LogP contribution in [0, 0.1) is 5.82 Å². The zero-order chi connectivity index (χ0) is 20.2. The fourth-order valence-electron chi connectivity index (χ4n) is 3.51. The Balaban J connectivity index is 1.42. The first-order valence-electron chi connectivity index (χ1n) is 9.69. The van der Waals surface area contributed by atoms with Gasteiger partial charge in [-0.1, -0.05) is 67.6 Å². The molecule has 4 aromatic rings. The van der Waals surface area contributed by atoms with Crippen LogP contribution in [0.2, 0.25) is 0 Å². The molecule has 1 aromatic heterocycles. The molecule has 1 atom stereocenters. The van der Waals surface area contributed by atoms with E-state index in [1.165, 1.54) is 11.6 Å². The molecule has 0 amide bonds. The number of anilines is 1. The van der Waals surface area contributed by atoms with E-state index in [9.17, 15) is 9.18 Å². The Morgan fingerprint density at radius 2 is 1.66 bits per heavy atom. The van der Waals surface area contributed by atoms with Gasteiger partial charge in [0.25, 0.3) is 5.56 Å². The van der Waals surface area contributed by atoms with Crippen molar-refractivity contribution in [3.63, 3.8) is 0 Å². The van der Waals surface area contributed by atoms with E-state index in [0.717, 1.165) is 23.9 Å². The van der Waals surface area contributed by atoms with Gasteiger partial charge < -0.3 is 5.32 Å². The summed E-state index contributed by atoms with van der Waals surface area (Å²) in [4.78, 5) is 11.9. The lowest BCUT2D eigenvalue weighted by Crippen LogP contribution is -2.13. The lowest BCUT2D eigenvalue weighted by atomic mass is 9.95. The molecular weight excluding hydrogens is 365 g/mol. The summed E-state index contributed by atoms with van der Waals surface area (Å²) in [6.07, 6.45) is 0.897. The van der Waals surface area contributed by atoms with Gasteiger partial charge in [-0.25, -0.2) is 9.49 Å². The molecule has 29 heavy (non-hydrogen) atoms. The quantitative estimate of drug-likeness (QED) is 0.470. The average molecular weight is 387 g/mol. The van der Waals surface area contributed by atoms with Gasteiger partial charge in [-0.05, 0) is 35.6 Å². The third-order valence-corrected chi connectivity index (χ3v) is 5.23. The average Bonchev–Trinajstić information content (AvgIpc) is 2.76. The van der Waals surface area contributed by atoms with Crippen molar-refractivity contribution in [1.29, 1.82) is 0 Å². The lowest BCUT2D eigenvalue weighted by Gasteiger charge is -2.14. The summed E-state index contributed by atoms with van der Waals surface area (Å²) in [5, 5.41) is 11.5. The van der Waals surface area contributed by atoms with Gasteiger partial charge in [-0.15, -0.1) is 0 Å². The number of nitrogens with one attached hydrogen (secondary N) is 2. The maximum atomic E-state index is 14.0. The first-order valence-corrected chi connectivity index (χ1v) is 9.69. The van der Waals surface area contributed by atoms with Crippen LogP contribution in [0.15, 0.2) is 77.6 Å². The van der Waals surface area contributed by atoms with E-state index in [2.05, 4.69) is 34.6 Å². The summed E-state index contributed by atoms with van der Waals surface area (Å²) in [5.74, 6) is 0.798. The molecular formula is C24H22FN3O. The molecule has 1 unspecified atom stereocenters. The summed E-state index contributed by atoms with van der Waals surface area (Å²) < 4.78 is 14.0. The summed E-state index contributed by atoms with van der Waals surface area (Å²) in [6, 6.07) is 22.3. The third kappa shape index (κ3) is 4.04. The van der Waals surface area contributed by atoms with E-state index in [-0.39, 0.29) is 11.4 Å². The van der Waals surface area contributed by atoms with Gasteiger partial charge in [0, 0.05) is 17.5 Å². The fourth-order valence-corrected chi connectivity index (χ4v) is 3.51. The number of aromatic amines is 1. The number of hydrogen-bond donors (Lipinski definition) is 2. The highest BCUT2D eigenvalue weighted by Crippen LogP contribution is 2.26. The Morgan fingerprint density at radius 3 is 2.41 bits per heavy atom. The Bertz CT molecular complexity index is 1180. The minimum atomic E-state index is -0.210. The number of rotatable bonds is 6. The van der Waals surface area contributed by atoms with Crippen LogP contribution < -0.4 is 10.9 Å². The van der Waals surface area contributed by atoms with E-state index in [4.69, 9.17) is 0 Å². The molecule has 0 saturated carbocycles. The molecule has 0 aliphatic carbocycles. The van der Waals surface area contributed by atoms with E-state index in [1.54, 1.807) is 18.2 Å². The van der Waals surface area contributed by atoms with Crippen molar-refractivity contribution < 1.29 is 4.39 Å². The van der Waals surface area contributed by atoms with Crippen LogP contribution in [0.3, 0.4) is 0 Å². The van der Waals surface area contributed by atoms with Gasteiger partial charge in [0.05, 0.1) is 5.39 Å². The van der Waals surface area contributed by atoms with Crippen LogP contribution >= 0.6 is 0 Å². The second-order valence-corrected chi connectivity index (χ2v) is 7.17. The minimum absolute atomic E-state index is 0.186. The number of fused-ring (bicyclic) bond motifs is 1. The van der Waals surface area contributed by atoms with Crippen molar-refractivity contribution >= 4 is 16.6 Å². The Labute approximate surface area is 168 Å². The first kappa shape index (κ1) is 18.9. The second-order valence-electron chi connectivity index (χ2n) is 7.17. The molecule has 5 heteroatoms. The molecule has 146 valence electrons. The molecule has 0 aliphatic heterocycles.